The van der Waals surface area contributed by atoms with E-state index in [0.29, 0.717) is 35.5 Å². The molecular formula is C27H24FN5O2. The van der Waals surface area contributed by atoms with Crippen LogP contribution in [0.1, 0.15) is 41.0 Å². The van der Waals surface area contributed by atoms with Gasteiger partial charge in [-0.05, 0) is 79.6 Å². The number of aromatic nitrogens is 2. The Labute approximate surface area is 202 Å². The Balaban J connectivity index is 1.33. The molecule has 0 radical (unpaired) electrons. The molecule has 1 aromatic carbocycles. The van der Waals surface area contributed by atoms with Gasteiger partial charge in [0, 0.05) is 42.4 Å². The van der Waals surface area contributed by atoms with Crippen LogP contribution in [0.4, 0.5) is 10.1 Å². The molecule has 1 aliphatic heterocycles. The van der Waals surface area contributed by atoms with Crippen LogP contribution in [0.3, 0.4) is 0 Å². The quantitative estimate of drug-likeness (QED) is 0.584. The zero-order chi connectivity index (χ0) is 24.6. The molecular weight excluding hydrogens is 445 g/mol. The van der Waals surface area contributed by atoms with Crippen LogP contribution in [-0.4, -0.2) is 28.3 Å². The van der Waals surface area contributed by atoms with E-state index in [1.807, 2.05) is 6.07 Å². The minimum atomic E-state index is -0.955. The number of amides is 2. The van der Waals surface area contributed by atoms with Crippen molar-refractivity contribution in [2.75, 3.05) is 11.4 Å². The van der Waals surface area contributed by atoms with Crippen molar-refractivity contribution in [3.05, 3.63) is 77.6 Å². The highest BCUT2D eigenvalue weighted by Gasteiger charge is 2.56. The van der Waals surface area contributed by atoms with E-state index in [9.17, 15) is 19.2 Å². The van der Waals surface area contributed by atoms with Gasteiger partial charge >= 0.3 is 0 Å². The van der Waals surface area contributed by atoms with E-state index in [0.717, 1.165) is 18.4 Å². The lowest BCUT2D eigenvalue weighted by molar-refractivity contribution is -0.123. The number of pyridine rings is 2. The number of nitrogens with one attached hydrogen (secondary N) is 1. The molecule has 1 atom stereocenters. The van der Waals surface area contributed by atoms with Crippen LogP contribution in [0.15, 0.2) is 54.9 Å². The molecule has 1 saturated heterocycles. The summed E-state index contributed by atoms with van der Waals surface area (Å²) < 4.78 is 14.2. The number of carbonyl (C=O) groups is 2. The van der Waals surface area contributed by atoms with Crippen LogP contribution < -0.4 is 10.2 Å². The third-order valence-corrected chi connectivity index (χ3v) is 6.72. The highest BCUT2D eigenvalue weighted by molar-refractivity contribution is 6.03. The third-order valence-electron chi connectivity index (χ3n) is 6.72. The van der Waals surface area contributed by atoms with Gasteiger partial charge in [0.25, 0.3) is 5.91 Å². The molecule has 0 unspecified atom stereocenters. The van der Waals surface area contributed by atoms with Gasteiger partial charge in [0.2, 0.25) is 5.91 Å². The van der Waals surface area contributed by atoms with Gasteiger partial charge in [0.05, 0.1) is 6.07 Å². The molecule has 5 rings (SSSR count). The number of carbonyl (C=O) groups excluding carboxylic acids is 2. The number of hydrogen-bond donors (Lipinski definition) is 1. The Kier molecular flexibility index (Phi) is 5.77. The van der Waals surface area contributed by atoms with Gasteiger partial charge in [0.1, 0.15) is 16.9 Å². The van der Waals surface area contributed by atoms with Crippen LogP contribution in [-0.2, 0) is 11.3 Å². The first-order valence-corrected chi connectivity index (χ1v) is 11.6. The van der Waals surface area contributed by atoms with Crippen LogP contribution in [0.5, 0.6) is 0 Å². The summed E-state index contributed by atoms with van der Waals surface area (Å²) in [5, 5.41) is 12.5. The largest absolute Gasteiger partial charge is 0.347 e. The smallest absolute Gasteiger partial charge is 0.270 e. The summed E-state index contributed by atoms with van der Waals surface area (Å²) in [6.45, 7) is 2.30. The van der Waals surface area contributed by atoms with E-state index in [1.54, 1.807) is 48.5 Å². The first-order valence-electron chi connectivity index (χ1n) is 11.6. The van der Waals surface area contributed by atoms with Gasteiger partial charge in [-0.2, -0.15) is 5.26 Å². The average Bonchev–Trinajstić information content (AvgIpc) is 3.66. The maximum Gasteiger partial charge on any atom is 0.270 e. The maximum absolute atomic E-state index is 14.2. The number of halogens is 1. The number of anilines is 1. The highest BCUT2D eigenvalue weighted by Crippen LogP contribution is 2.51. The lowest BCUT2D eigenvalue weighted by Gasteiger charge is -2.21. The fourth-order valence-electron chi connectivity index (χ4n) is 4.78. The molecule has 2 amide bonds. The van der Waals surface area contributed by atoms with Crippen molar-refractivity contribution in [2.24, 2.45) is 11.3 Å². The zero-order valence-corrected chi connectivity index (χ0v) is 19.3. The van der Waals surface area contributed by atoms with E-state index in [2.05, 4.69) is 21.4 Å². The highest BCUT2D eigenvalue weighted by atomic mass is 19.1. The molecule has 1 saturated carbocycles. The van der Waals surface area contributed by atoms with Crippen LogP contribution in [0.2, 0.25) is 0 Å². The molecule has 3 aromatic rings. The summed E-state index contributed by atoms with van der Waals surface area (Å²) >= 11 is 0. The number of nitriles is 1. The first kappa shape index (κ1) is 22.7. The number of nitrogens with zero attached hydrogens (tertiary/aromatic N) is 4. The lowest BCUT2D eigenvalue weighted by Crippen LogP contribution is -2.35. The molecule has 0 spiro atoms. The molecule has 35 heavy (non-hydrogen) atoms. The zero-order valence-electron chi connectivity index (χ0n) is 19.3. The molecule has 1 aliphatic carbocycles. The van der Waals surface area contributed by atoms with E-state index < -0.39 is 17.1 Å². The minimum Gasteiger partial charge on any atom is -0.347 e. The van der Waals surface area contributed by atoms with E-state index in [-0.39, 0.29) is 24.1 Å². The van der Waals surface area contributed by atoms with Crippen molar-refractivity contribution < 1.29 is 14.0 Å². The van der Waals surface area contributed by atoms with E-state index in [1.165, 1.54) is 12.1 Å². The van der Waals surface area contributed by atoms with Gasteiger partial charge in [-0.1, -0.05) is 6.07 Å². The predicted molar refractivity (Wildman–Crippen MR) is 128 cm³/mol. The Morgan fingerprint density at radius 1 is 1.26 bits per heavy atom. The summed E-state index contributed by atoms with van der Waals surface area (Å²) in [7, 11) is 0. The number of hydrogen-bond acceptors (Lipinski definition) is 5. The molecule has 3 heterocycles. The van der Waals surface area contributed by atoms with Gasteiger partial charge < -0.3 is 10.2 Å². The second-order valence-electron chi connectivity index (χ2n) is 9.19. The van der Waals surface area contributed by atoms with Crippen LogP contribution in [0.25, 0.3) is 11.1 Å². The van der Waals surface area contributed by atoms with Crippen molar-refractivity contribution in [3.8, 4) is 17.2 Å². The molecule has 8 heteroatoms. The first-order chi connectivity index (χ1) is 16.9. The van der Waals surface area contributed by atoms with Crippen molar-refractivity contribution >= 4 is 17.5 Å². The number of rotatable bonds is 6. The maximum atomic E-state index is 14.2. The fraction of sp³-hybridized carbons (Fsp3) is 0.296. The molecule has 1 N–H and O–H groups in total. The van der Waals surface area contributed by atoms with Gasteiger partial charge in [0.15, 0.2) is 0 Å². The summed E-state index contributed by atoms with van der Waals surface area (Å²) in [5.41, 5.74) is 2.41. The summed E-state index contributed by atoms with van der Waals surface area (Å²) in [6.07, 6.45) is 5.60. The molecule has 176 valence electrons. The Bertz CT molecular complexity index is 1350. The second kappa shape index (κ2) is 8.91. The third kappa shape index (κ3) is 4.37. The topological polar surface area (TPSA) is 99.0 Å². The Morgan fingerprint density at radius 2 is 2.09 bits per heavy atom. The van der Waals surface area contributed by atoms with Crippen LogP contribution >= 0.6 is 0 Å². The Hall–Kier alpha value is -4.12. The van der Waals surface area contributed by atoms with Crippen molar-refractivity contribution in [3.63, 3.8) is 0 Å². The Morgan fingerprint density at radius 3 is 2.80 bits per heavy atom. The monoisotopic (exact) mass is 469 g/mol. The lowest BCUT2D eigenvalue weighted by atomic mass is 9.83. The molecule has 2 aliphatic rings. The second-order valence-corrected chi connectivity index (χ2v) is 9.19. The molecule has 7 nitrogen and oxygen atoms in total. The summed E-state index contributed by atoms with van der Waals surface area (Å²) in [5.74, 6) is -0.904. The number of benzene rings is 1. The minimum absolute atomic E-state index is 0.108. The average molecular weight is 470 g/mol. The SMILES string of the molecule is Cc1cc(N2CC[C@@](C#N)(C3CC3)C2=O)cc(C(=O)NCc2cc(F)cc(-c3cccnc3)c2)n1. The van der Waals surface area contributed by atoms with Crippen molar-refractivity contribution in [2.45, 2.75) is 32.7 Å². The standard InChI is InChI=1S/C27H24FN5O2/c1-17-9-23(33-8-6-27(16-29,26(33)35)21-4-5-21)13-24(32-17)25(34)31-14-18-10-20(12-22(28)11-18)19-3-2-7-30-15-19/h2-3,7,9-13,15,21H,4-6,8,14H2,1H3,(H,31,34)/t27-/m1/s1. The normalized spacial score (nSPS) is 19.5. The van der Waals surface area contributed by atoms with Crippen molar-refractivity contribution in [1.82, 2.24) is 15.3 Å². The van der Waals surface area contributed by atoms with Gasteiger partial charge in [-0.3, -0.25) is 14.6 Å². The van der Waals surface area contributed by atoms with E-state index >= 15 is 0 Å². The van der Waals surface area contributed by atoms with E-state index in [4.69, 9.17) is 0 Å². The van der Waals surface area contributed by atoms with Crippen molar-refractivity contribution in [1.29, 1.82) is 5.26 Å². The van der Waals surface area contributed by atoms with Crippen LogP contribution in [0, 0.1) is 35.4 Å². The predicted octanol–water partition coefficient (Wildman–Crippen LogP) is 4.18. The summed E-state index contributed by atoms with van der Waals surface area (Å²) in [4.78, 5) is 36.1. The number of aryl methyl sites for hydroxylation is 1. The molecule has 2 aromatic heterocycles. The fourth-order valence-corrected chi connectivity index (χ4v) is 4.78. The summed E-state index contributed by atoms with van der Waals surface area (Å²) in [6, 6.07) is 13.8. The molecule has 0 bridgehead atoms. The molecule has 2 fully saturated rings. The van der Waals surface area contributed by atoms with Gasteiger partial charge in [-0.15, -0.1) is 0 Å². The van der Waals surface area contributed by atoms with Gasteiger partial charge in [-0.25, -0.2) is 9.37 Å².